The summed E-state index contributed by atoms with van der Waals surface area (Å²) < 4.78 is 5.59. The molecule has 0 spiro atoms. The first-order valence-electron chi connectivity index (χ1n) is 13.6. The molecule has 5 aromatic rings. The maximum atomic E-state index is 13.2. The van der Waals surface area contributed by atoms with Gasteiger partial charge in [-0.1, -0.05) is 78.7 Å². The van der Waals surface area contributed by atoms with E-state index in [-0.39, 0.29) is 23.2 Å². The van der Waals surface area contributed by atoms with E-state index in [1.807, 2.05) is 62.4 Å². The Kier molecular flexibility index (Phi) is 8.06. The van der Waals surface area contributed by atoms with E-state index in [4.69, 9.17) is 20.4 Å². The maximum absolute atomic E-state index is 13.2. The number of amides is 2. The number of hydrogen-bond acceptors (Lipinski definition) is 6. The van der Waals surface area contributed by atoms with Crippen LogP contribution in [-0.2, 0) is 9.53 Å². The summed E-state index contributed by atoms with van der Waals surface area (Å²) in [4.78, 5) is 47.7. The number of esters is 1. The molecule has 1 heterocycles. The first-order valence-corrected chi connectivity index (χ1v) is 13.6. The fraction of sp³-hybridized carbons (Fsp3) is 0.147. The number of carbonyl (C=O) groups excluding carboxylic acids is 3. The summed E-state index contributed by atoms with van der Waals surface area (Å²) in [5, 5.41) is 2.64. The molecule has 3 N–H and O–H groups in total. The third kappa shape index (κ3) is 6.02. The second-order valence-corrected chi connectivity index (χ2v) is 10.1. The fourth-order valence-electron chi connectivity index (χ4n) is 4.55. The van der Waals surface area contributed by atoms with Crippen LogP contribution in [0.25, 0.3) is 33.5 Å². The summed E-state index contributed by atoms with van der Waals surface area (Å²) in [5.74, 6) is -1.92. The summed E-state index contributed by atoms with van der Waals surface area (Å²) in [6, 6.07) is 27.5. The van der Waals surface area contributed by atoms with Crippen LogP contribution in [0.15, 0.2) is 91.0 Å². The zero-order chi connectivity index (χ0) is 29.8. The first-order chi connectivity index (χ1) is 20.2. The molecular formula is C34H30N4O4. The van der Waals surface area contributed by atoms with Crippen LogP contribution in [0.4, 0.5) is 5.69 Å². The lowest BCUT2D eigenvalue weighted by atomic mass is 10.0. The van der Waals surface area contributed by atoms with Gasteiger partial charge in [-0.05, 0) is 50.6 Å². The number of carbonyl (C=O) groups is 3. The van der Waals surface area contributed by atoms with Gasteiger partial charge in [-0.3, -0.25) is 9.59 Å². The molecular weight excluding hydrogens is 528 g/mol. The SMILES string of the molecule is CCC(OC(=O)c1ccc2nc(-c3ccc(C)cc3)c(-c3ccc(C)cc3)nc2c1)C(=O)Nc1ccccc1C(N)=O. The lowest BCUT2D eigenvalue weighted by molar-refractivity contribution is -0.124. The molecule has 0 saturated carbocycles. The highest BCUT2D eigenvalue weighted by Gasteiger charge is 2.24. The summed E-state index contributed by atoms with van der Waals surface area (Å²) in [6.45, 7) is 5.78. The van der Waals surface area contributed by atoms with Crippen LogP contribution >= 0.6 is 0 Å². The second-order valence-electron chi connectivity index (χ2n) is 10.1. The van der Waals surface area contributed by atoms with Crippen molar-refractivity contribution < 1.29 is 19.1 Å². The van der Waals surface area contributed by atoms with Gasteiger partial charge in [0.05, 0.1) is 39.2 Å². The number of benzene rings is 4. The number of aromatic nitrogens is 2. The van der Waals surface area contributed by atoms with Gasteiger partial charge in [-0.2, -0.15) is 0 Å². The van der Waals surface area contributed by atoms with Crippen LogP contribution in [0.2, 0.25) is 0 Å². The van der Waals surface area contributed by atoms with Crippen molar-refractivity contribution in [3.8, 4) is 22.5 Å². The number of ether oxygens (including phenoxy) is 1. The summed E-state index contributed by atoms with van der Waals surface area (Å²) in [6.07, 6.45) is -0.867. The molecule has 1 aromatic heterocycles. The Labute approximate surface area is 243 Å². The van der Waals surface area contributed by atoms with E-state index in [1.54, 1.807) is 43.3 Å². The van der Waals surface area contributed by atoms with E-state index < -0.39 is 23.9 Å². The molecule has 210 valence electrons. The van der Waals surface area contributed by atoms with Crippen LogP contribution in [0, 0.1) is 13.8 Å². The number of rotatable bonds is 8. The van der Waals surface area contributed by atoms with Crippen LogP contribution in [0.5, 0.6) is 0 Å². The van der Waals surface area contributed by atoms with E-state index in [9.17, 15) is 14.4 Å². The molecule has 0 aliphatic carbocycles. The van der Waals surface area contributed by atoms with Gasteiger partial charge >= 0.3 is 5.97 Å². The van der Waals surface area contributed by atoms with E-state index in [1.165, 1.54) is 6.07 Å². The average Bonchev–Trinajstić information content (AvgIpc) is 2.99. The summed E-state index contributed by atoms with van der Waals surface area (Å²) in [5.41, 5.74) is 12.7. The normalized spacial score (nSPS) is 11.6. The third-order valence-corrected chi connectivity index (χ3v) is 6.91. The van der Waals surface area contributed by atoms with Gasteiger partial charge in [0.15, 0.2) is 6.10 Å². The van der Waals surface area contributed by atoms with Gasteiger partial charge in [-0.15, -0.1) is 0 Å². The van der Waals surface area contributed by atoms with Gasteiger partial charge in [0.25, 0.3) is 11.8 Å². The van der Waals surface area contributed by atoms with Crippen molar-refractivity contribution in [1.29, 1.82) is 0 Å². The predicted molar refractivity (Wildman–Crippen MR) is 163 cm³/mol. The van der Waals surface area contributed by atoms with Crippen molar-refractivity contribution in [2.45, 2.75) is 33.3 Å². The number of fused-ring (bicyclic) bond motifs is 1. The molecule has 5 rings (SSSR count). The zero-order valence-corrected chi connectivity index (χ0v) is 23.5. The minimum atomic E-state index is -1.09. The number of aryl methyl sites for hydroxylation is 2. The number of anilines is 1. The van der Waals surface area contributed by atoms with E-state index >= 15 is 0 Å². The van der Waals surface area contributed by atoms with Crippen LogP contribution in [-0.4, -0.2) is 33.9 Å². The minimum Gasteiger partial charge on any atom is -0.449 e. The van der Waals surface area contributed by atoms with Crippen LogP contribution in [0.1, 0.15) is 45.2 Å². The average molecular weight is 559 g/mol. The highest BCUT2D eigenvalue weighted by molar-refractivity contribution is 6.05. The molecule has 0 radical (unpaired) electrons. The van der Waals surface area contributed by atoms with Crippen LogP contribution in [0.3, 0.4) is 0 Å². The molecule has 42 heavy (non-hydrogen) atoms. The smallest absolute Gasteiger partial charge is 0.338 e. The Morgan fingerprint density at radius 1 is 0.786 bits per heavy atom. The van der Waals surface area contributed by atoms with Crippen molar-refractivity contribution in [2.24, 2.45) is 5.73 Å². The number of hydrogen-bond donors (Lipinski definition) is 2. The Bertz CT molecular complexity index is 1800. The molecule has 0 aliphatic rings. The van der Waals surface area contributed by atoms with Crippen LogP contribution < -0.4 is 11.1 Å². The van der Waals surface area contributed by atoms with Gasteiger partial charge in [0, 0.05) is 11.1 Å². The largest absolute Gasteiger partial charge is 0.449 e. The van der Waals surface area contributed by atoms with Gasteiger partial charge < -0.3 is 15.8 Å². The highest BCUT2D eigenvalue weighted by Crippen LogP contribution is 2.32. The molecule has 0 bridgehead atoms. The molecule has 0 fully saturated rings. The Morgan fingerprint density at radius 2 is 1.36 bits per heavy atom. The third-order valence-electron chi connectivity index (χ3n) is 6.91. The van der Waals surface area contributed by atoms with E-state index in [2.05, 4.69) is 5.32 Å². The Hall–Kier alpha value is -5.37. The molecule has 8 heteroatoms. The van der Waals surface area contributed by atoms with Crippen molar-refractivity contribution in [2.75, 3.05) is 5.32 Å². The van der Waals surface area contributed by atoms with E-state index in [0.29, 0.717) is 16.7 Å². The van der Waals surface area contributed by atoms with Gasteiger partial charge in [-0.25, -0.2) is 14.8 Å². The maximum Gasteiger partial charge on any atom is 0.338 e. The van der Waals surface area contributed by atoms with Crippen molar-refractivity contribution in [1.82, 2.24) is 9.97 Å². The molecule has 1 unspecified atom stereocenters. The quantitative estimate of drug-likeness (QED) is 0.217. The number of nitrogens with one attached hydrogen (secondary N) is 1. The number of primary amides is 1. The molecule has 4 aromatic carbocycles. The molecule has 0 saturated heterocycles. The van der Waals surface area contributed by atoms with Crippen molar-refractivity contribution in [3.63, 3.8) is 0 Å². The molecule has 0 aliphatic heterocycles. The summed E-state index contributed by atoms with van der Waals surface area (Å²) in [7, 11) is 0. The standard InChI is InChI=1S/C34H30N4O4/c1-4-29(33(40)38-26-8-6-5-7-25(26)32(35)39)42-34(41)24-17-18-27-28(19-24)37-31(23-15-11-21(3)12-16-23)30(36-27)22-13-9-20(2)10-14-22/h5-19,29H,4H2,1-3H3,(H2,35,39)(H,38,40). The number of nitrogens with zero attached hydrogens (tertiary/aromatic N) is 2. The Balaban J connectivity index is 1.45. The van der Waals surface area contributed by atoms with Gasteiger partial charge in [0.2, 0.25) is 0 Å². The van der Waals surface area contributed by atoms with Crippen molar-refractivity contribution in [3.05, 3.63) is 113 Å². The second kappa shape index (κ2) is 12.0. The van der Waals surface area contributed by atoms with Crippen molar-refractivity contribution >= 4 is 34.5 Å². The zero-order valence-electron chi connectivity index (χ0n) is 23.5. The number of para-hydroxylation sites is 1. The van der Waals surface area contributed by atoms with E-state index in [0.717, 1.165) is 27.9 Å². The minimum absolute atomic E-state index is 0.162. The first kappa shape index (κ1) is 28.2. The lowest BCUT2D eigenvalue weighted by Gasteiger charge is -2.17. The predicted octanol–water partition coefficient (Wildman–Crippen LogP) is 6.25. The highest BCUT2D eigenvalue weighted by atomic mass is 16.5. The monoisotopic (exact) mass is 558 g/mol. The van der Waals surface area contributed by atoms with Gasteiger partial charge in [0.1, 0.15) is 0 Å². The molecule has 2 amide bonds. The molecule has 1 atom stereocenters. The fourth-order valence-corrected chi connectivity index (χ4v) is 4.55. The Morgan fingerprint density at radius 3 is 1.93 bits per heavy atom. The molecule has 8 nitrogen and oxygen atoms in total. The lowest BCUT2D eigenvalue weighted by Crippen LogP contribution is -2.32. The number of nitrogens with two attached hydrogens (primary N) is 1. The topological polar surface area (TPSA) is 124 Å². The summed E-state index contributed by atoms with van der Waals surface area (Å²) >= 11 is 0.